The predicted octanol–water partition coefficient (Wildman–Crippen LogP) is 5.11. The molecule has 1 aromatic rings. The molecule has 2 rings (SSSR count). The molecule has 5 heteroatoms. The number of nitrogens with zero attached hydrogens (tertiary/aromatic N) is 1. The summed E-state index contributed by atoms with van der Waals surface area (Å²) in [6.45, 7) is 10.6. The smallest absolute Gasteiger partial charge is 0.256 e. The lowest BCUT2D eigenvalue weighted by atomic mass is 9.97. The van der Waals surface area contributed by atoms with Crippen LogP contribution in [0.3, 0.4) is 0 Å². The van der Waals surface area contributed by atoms with Gasteiger partial charge in [-0.3, -0.25) is 4.79 Å². The minimum atomic E-state index is -0.795. The maximum atomic E-state index is 12.7. The van der Waals surface area contributed by atoms with Crippen LogP contribution in [0.4, 0.5) is 5.69 Å². The van der Waals surface area contributed by atoms with E-state index in [0.29, 0.717) is 0 Å². The molecule has 1 N–H and O–H groups in total. The summed E-state index contributed by atoms with van der Waals surface area (Å²) in [5, 5.41) is 2.98. The van der Waals surface area contributed by atoms with E-state index in [4.69, 9.17) is 9.47 Å². The highest BCUT2D eigenvalue weighted by molar-refractivity contribution is 5.97. The highest BCUT2D eigenvalue weighted by atomic mass is 16.5. The fourth-order valence-electron chi connectivity index (χ4n) is 3.89. The van der Waals surface area contributed by atoms with Crippen LogP contribution in [-0.2, 0) is 9.53 Å². The van der Waals surface area contributed by atoms with Crippen molar-refractivity contribution in [3.63, 3.8) is 0 Å². The molecule has 1 saturated heterocycles. The number of piperidine rings is 1. The Morgan fingerprint density at radius 2 is 2.00 bits per heavy atom. The number of anilines is 1. The second kappa shape index (κ2) is 12.2. The van der Waals surface area contributed by atoms with Crippen molar-refractivity contribution in [2.45, 2.75) is 71.3 Å². The zero-order valence-electron chi connectivity index (χ0n) is 18.8. The maximum absolute atomic E-state index is 12.7. The number of likely N-dealkylation sites (tertiary alicyclic amines) is 1. The Labute approximate surface area is 177 Å². The van der Waals surface area contributed by atoms with Gasteiger partial charge in [0.2, 0.25) is 0 Å². The molecule has 5 nitrogen and oxygen atoms in total. The second-order valence-electron chi connectivity index (χ2n) is 8.62. The molecule has 2 atom stereocenters. The monoisotopic (exact) mass is 404 g/mol. The lowest BCUT2D eigenvalue weighted by Gasteiger charge is -2.30. The van der Waals surface area contributed by atoms with Crippen molar-refractivity contribution in [1.29, 1.82) is 0 Å². The molecule has 0 bridgehead atoms. The summed E-state index contributed by atoms with van der Waals surface area (Å²) in [6.07, 6.45) is 7.65. The normalized spacial score (nSPS) is 19.5. The third kappa shape index (κ3) is 7.98. The highest BCUT2D eigenvalue weighted by Gasteiger charge is 2.32. The molecule has 164 valence electrons. The van der Waals surface area contributed by atoms with Gasteiger partial charge in [-0.1, -0.05) is 33.1 Å². The van der Waals surface area contributed by atoms with E-state index < -0.39 is 5.60 Å². The predicted molar refractivity (Wildman–Crippen MR) is 120 cm³/mol. The molecule has 1 fully saturated rings. The van der Waals surface area contributed by atoms with Crippen LogP contribution in [0.15, 0.2) is 24.3 Å². The zero-order chi connectivity index (χ0) is 21.1. The summed E-state index contributed by atoms with van der Waals surface area (Å²) < 4.78 is 11.4. The number of carbonyl (C=O) groups excluding carboxylic acids is 1. The minimum Gasteiger partial charge on any atom is -0.494 e. The molecule has 29 heavy (non-hydrogen) atoms. The first-order chi connectivity index (χ1) is 14.0. The summed E-state index contributed by atoms with van der Waals surface area (Å²) in [5.74, 6) is 1.56. The van der Waals surface area contributed by atoms with Gasteiger partial charge in [0.25, 0.3) is 5.91 Å². The van der Waals surface area contributed by atoms with Gasteiger partial charge >= 0.3 is 0 Å². The first-order valence-corrected chi connectivity index (χ1v) is 11.3. The largest absolute Gasteiger partial charge is 0.494 e. The van der Waals surface area contributed by atoms with E-state index in [2.05, 4.69) is 24.1 Å². The van der Waals surface area contributed by atoms with Gasteiger partial charge < -0.3 is 19.7 Å². The molecule has 1 amide bonds. The third-order valence-electron chi connectivity index (χ3n) is 5.93. The van der Waals surface area contributed by atoms with Gasteiger partial charge in [0, 0.05) is 25.9 Å². The van der Waals surface area contributed by atoms with Crippen LogP contribution in [0, 0.1) is 5.92 Å². The van der Waals surface area contributed by atoms with Crippen molar-refractivity contribution in [1.82, 2.24) is 4.90 Å². The number of hydrogen-bond acceptors (Lipinski definition) is 4. The number of benzene rings is 1. The van der Waals surface area contributed by atoms with Crippen LogP contribution >= 0.6 is 0 Å². The quantitative estimate of drug-likeness (QED) is 0.492. The SMILES string of the molecule is CCCCC[C@@](C)(OC)C(=O)Nc1ccc(OCCCN2CCC[C@H](C)C2)cc1. The molecule has 0 spiro atoms. The van der Waals surface area contributed by atoms with Crippen LogP contribution in [0.2, 0.25) is 0 Å². The fourth-order valence-corrected chi connectivity index (χ4v) is 3.89. The Hall–Kier alpha value is -1.59. The van der Waals surface area contributed by atoms with Gasteiger partial charge in [0.15, 0.2) is 0 Å². The Bertz CT molecular complexity index is 605. The average molecular weight is 405 g/mol. The fraction of sp³-hybridized carbons (Fsp3) is 0.708. The Morgan fingerprint density at radius 1 is 1.24 bits per heavy atom. The Morgan fingerprint density at radius 3 is 2.66 bits per heavy atom. The Balaban J connectivity index is 1.73. The van der Waals surface area contributed by atoms with Crippen molar-refractivity contribution in [3.05, 3.63) is 24.3 Å². The van der Waals surface area contributed by atoms with Crippen LogP contribution in [0.5, 0.6) is 5.75 Å². The van der Waals surface area contributed by atoms with Crippen molar-refractivity contribution in [3.8, 4) is 5.75 Å². The third-order valence-corrected chi connectivity index (χ3v) is 5.93. The summed E-state index contributed by atoms with van der Waals surface area (Å²) in [5.41, 5.74) is -0.0283. The molecule has 1 aliphatic heterocycles. The van der Waals surface area contributed by atoms with Gasteiger partial charge in [0.05, 0.1) is 6.61 Å². The van der Waals surface area contributed by atoms with Crippen molar-refractivity contribution in [2.75, 3.05) is 38.7 Å². The van der Waals surface area contributed by atoms with Crippen molar-refractivity contribution in [2.24, 2.45) is 5.92 Å². The second-order valence-corrected chi connectivity index (χ2v) is 8.62. The summed E-state index contributed by atoms with van der Waals surface area (Å²) >= 11 is 0. The minimum absolute atomic E-state index is 0.0967. The van der Waals surface area contributed by atoms with E-state index in [-0.39, 0.29) is 5.91 Å². The number of carbonyl (C=O) groups is 1. The molecule has 1 heterocycles. The average Bonchev–Trinajstić information content (AvgIpc) is 2.72. The van der Waals surface area contributed by atoms with E-state index in [1.165, 1.54) is 25.9 Å². The highest BCUT2D eigenvalue weighted by Crippen LogP contribution is 2.23. The van der Waals surface area contributed by atoms with Crippen molar-refractivity contribution >= 4 is 11.6 Å². The van der Waals surface area contributed by atoms with E-state index in [1.807, 2.05) is 31.2 Å². The van der Waals surface area contributed by atoms with Gasteiger partial charge in [-0.15, -0.1) is 0 Å². The van der Waals surface area contributed by atoms with Crippen LogP contribution < -0.4 is 10.1 Å². The summed E-state index contributed by atoms with van der Waals surface area (Å²) in [7, 11) is 1.60. The van der Waals surface area contributed by atoms with Crippen molar-refractivity contribution < 1.29 is 14.3 Å². The maximum Gasteiger partial charge on any atom is 0.256 e. The molecule has 0 unspecified atom stereocenters. The molecule has 0 aliphatic carbocycles. The summed E-state index contributed by atoms with van der Waals surface area (Å²) in [4.78, 5) is 15.2. The number of unbranched alkanes of at least 4 members (excludes halogenated alkanes) is 2. The van der Waals surface area contributed by atoms with Gasteiger partial charge in [0.1, 0.15) is 11.4 Å². The zero-order valence-corrected chi connectivity index (χ0v) is 18.8. The molecule has 0 radical (unpaired) electrons. The molecule has 0 saturated carbocycles. The van der Waals surface area contributed by atoms with Gasteiger partial charge in [-0.2, -0.15) is 0 Å². The molecule has 1 aromatic carbocycles. The molecular weight excluding hydrogens is 364 g/mol. The summed E-state index contributed by atoms with van der Waals surface area (Å²) in [6, 6.07) is 7.61. The van der Waals surface area contributed by atoms with Gasteiger partial charge in [-0.05, 0) is 69.3 Å². The topological polar surface area (TPSA) is 50.8 Å². The van der Waals surface area contributed by atoms with E-state index in [1.54, 1.807) is 7.11 Å². The first kappa shape index (κ1) is 23.7. The molecule has 0 aromatic heterocycles. The van der Waals surface area contributed by atoms with E-state index in [0.717, 1.165) is 62.6 Å². The number of rotatable bonds is 12. The van der Waals surface area contributed by atoms with E-state index >= 15 is 0 Å². The number of hydrogen-bond donors (Lipinski definition) is 1. The molecular formula is C24H40N2O3. The van der Waals surface area contributed by atoms with Crippen LogP contribution in [-0.4, -0.2) is 49.8 Å². The number of methoxy groups -OCH3 is 1. The lowest BCUT2D eigenvalue weighted by Crippen LogP contribution is -2.41. The van der Waals surface area contributed by atoms with E-state index in [9.17, 15) is 4.79 Å². The number of ether oxygens (including phenoxy) is 2. The Kier molecular flexibility index (Phi) is 9.95. The number of nitrogens with one attached hydrogen (secondary N) is 1. The molecule has 1 aliphatic rings. The van der Waals surface area contributed by atoms with Crippen LogP contribution in [0.1, 0.15) is 65.7 Å². The number of amides is 1. The van der Waals surface area contributed by atoms with Crippen LogP contribution in [0.25, 0.3) is 0 Å². The standard InChI is InChI=1S/C24H40N2O3/c1-5-6-7-15-24(3,28-4)23(27)25-21-11-13-22(14-12-21)29-18-9-17-26-16-8-10-20(2)19-26/h11-14,20H,5-10,15-19H2,1-4H3,(H,25,27)/t20-,24+/m0/s1. The first-order valence-electron chi connectivity index (χ1n) is 11.3. The van der Waals surface area contributed by atoms with Gasteiger partial charge in [-0.25, -0.2) is 0 Å². The lowest BCUT2D eigenvalue weighted by molar-refractivity contribution is -0.136.